The van der Waals surface area contributed by atoms with Gasteiger partial charge in [0.25, 0.3) is 0 Å². The number of aryl methyl sites for hydroxylation is 1. The van der Waals surface area contributed by atoms with Gasteiger partial charge in [0.05, 0.1) is 0 Å². The van der Waals surface area contributed by atoms with Crippen molar-refractivity contribution in [3.8, 4) is 0 Å². The maximum atomic E-state index is 5.91. The zero-order chi connectivity index (χ0) is 12.3. The van der Waals surface area contributed by atoms with E-state index in [0.29, 0.717) is 5.41 Å². The highest BCUT2D eigenvalue weighted by Crippen LogP contribution is 2.40. The third-order valence-electron chi connectivity index (χ3n) is 4.14. The molecule has 0 aromatic carbocycles. The molecular formula is C14H24N2S. The second-order valence-electron chi connectivity index (χ2n) is 5.57. The number of thiophene rings is 1. The molecule has 3 heteroatoms. The summed E-state index contributed by atoms with van der Waals surface area (Å²) in [6.45, 7) is 5.39. The molecule has 96 valence electrons. The maximum absolute atomic E-state index is 5.91. The summed E-state index contributed by atoms with van der Waals surface area (Å²) in [4.78, 5) is 4.00. The van der Waals surface area contributed by atoms with Gasteiger partial charge in [0, 0.05) is 18.0 Å². The monoisotopic (exact) mass is 252 g/mol. The molecule has 0 bridgehead atoms. The first kappa shape index (κ1) is 13.1. The smallest absolute Gasteiger partial charge is 0.00871 e. The fourth-order valence-corrected chi connectivity index (χ4v) is 3.61. The Morgan fingerprint density at radius 3 is 2.71 bits per heavy atom. The Bertz CT molecular complexity index is 349. The van der Waals surface area contributed by atoms with E-state index in [1.165, 1.54) is 42.7 Å². The van der Waals surface area contributed by atoms with Crippen molar-refractivity contribution in [2.24, 2.45) is 11.1 Å². The molecule has 0 unspecified atom stereocenters. The summed E-state index contributed by atoms with van der Waals surface area (Å²) >= 11 is 1.88. The van der Waals surface area contributed by atoms with Crippen LogP contribution in [0.3, 0.4) is 0 Å². The zero-order valence-electron chi connectivity index (χ0n) is 11.0. The minimum absolute atomic E-state index is 0.444. The average molecular weight is 252 g/mol. The van der Waals surface area contributed by atoms with Crippen molar-refractivity contribution >= 4 is 11.3 Å². The molecule has 2 nitrogen and oxygen atoms in total. The largest absolute Gasteiger partial charge is 0.330 e. The Hall–Kier alpha value is -0.380. The Kier molecular flexibility index (Phi) is 4.23. The van der Waals surface area contributed by atoms with Gasteiger partial charge in [-0.2, -0.15) is 0 Å². The van der Waals surface area contributed by atoms with Crippen molar-refractivity contribution in [2.75, 3.05) is 26.7 Å². The highest BCUT2D eigenvalue weighted by molar-refractivity contribution is 7.10. The summed E-state index contributed by atoms with van der Waals surface area (Å²) in [6.07, 6.45) is 5.20. The first-order chi connectivity index (χ1) is 8.15. The predicted octanol–water partition coefficient (Wildman–Crippen LogP) is 2.66. The molecule has 0 radical (unpaired) electrons. The number of nitrogens with zero attached hydrogens (tertiary/aromatic N) is 1. The van der Waals surface area contributed by atoms with E-state index in [1.807, 2.05) is 11.3 Å². The van der Waals surface area contributed by atoms with Gasteiger partial charge < -0.3 is 10.6 Å². The van der Waals surface area contributed by atoms with Gasteiger partial charge in [-0.05, 0) is 62.2 Å². The van der Waals surface area contributed by atoms with Crippen molar-refractivity contribution in [3.05, 3.63) is 21.9 Å². The molecule has 1 aliphatic carbocycles. The fourth-order valence-electron chi connectivity index (χ4n) is 2.71. The average Bonchev–Trinajstić information content (AvgIpc) is 2.67. The van der Waals surface area contributed by atoms with Crippen molar-refractivity contribution in [1.82, 2.24) is 4.90 Å². The number of nitrogens with two attached hydrogens (primary N) is 1. The SMILES string of the molecule is Cc1ccsc1CCN(C)CC1(CN)CCC1. The Balaban J connectivity index is 1.78. The Morgan fingerprint density at radius 2 is 2.24 bits per heavy atom. The second-order valence-corrected chi connectivity index (χ2v) is 6.57. The van der Waals surface area contributed by atoms with E-state index in [0.717, 1.165) is 13.1 Å². The van der Waals surface area contributed by atoms with Crippen LogP contribution in [0.1, 0.15) is 29.7 Å². The lowest BCUT2D eigenvalue weighted by molar-refractivity contribution is 0.0883. The summed E-state index contributed by atoms with van der Waals surface area (Å²) in [7, 11) is 2.23. The van der Waals surface area contributed by atoms with Crippen LogP contribution in [0.4, 0.5) is 0 Å². The van der Waals surface area contributed by atoms with Crippen LogP contribution < -0.4 is 5.73 Å². The summed E-state index contributed by atoms with van der Waals surface area (Å²) in [5.74, 6) is 0. The zero-order valence-corrected chi connectivity index (χ0v) is 11.9. The summed E-state index contributed by atoms with van der Waals surface area (Å²) in [5.41, 5.74) is 7.80. The van der Waals surface area contributed by atoms with E-state index in [-0.39, 0.29) is 0 Å². The summed E-state index contributed by atoms with van der Waals surface area (Å²) < 4.78 is 0. The summed E-state index contributed by atoms with van der Waals surface area (Å²) in [5, 5.41) is 2.19. The van der Waals surface area contributed by atoms with Crippen LogP contribution in [0.15, 0.2) is 11.4 Å². The molecule has 0 aliphatic heterocycles. The van der Waals surface area contributed by atoms with Gasteiger partial charge in [-0.1, -0.05) is 6.42 Å². The van der Waals surface area contributed by atoms with Gasteiger partial charge in [-0.3, -0.25) is 0 Å². The van der Waals surface area contributed by atoms with Crippen molar-refractivity contribution < 1.29 is 0 Å². The van der Waals surface area contributed by atoms with Crippen LogP contribution in [0.25, 0.3) is 0 Å². The van der Waals surface area contributed by atoms with Gasteiger partial charge in [0.1, 0.15) is 0 Å². The van der Waals surface area contributed by atoms with Gasteiger partial charge in [0.2, 0.25) is 0 Å². The molecule has 0 atom stereocenters. The van der Waals surface area contributed by atoms with E-state index in [2.05, 4.69) is 30.3 Å². The van der Waals surface area contributed by atoms with E-state index < -0.39 is 0 Å². The molecule has 1 heterocycles. The highest BCUT2D eigenvalue weighted by atomic mass is 32.1. The van der Waals surface area contributed by atoms with Gasteiger partial charge in [-0.25, -0.2) is 0 Å². The molecule has 1 saturated carbocycles. The predicted molar refractivity (Wildman–Crippen MR) is 75.6 cm³/mol. The second kappa shape index (κ2) is 5.51. The van der Waals surface area contributed by atoms with Crippen LogP contribution in [-0.2, 0) is 6.42 Å². The van der Waals surface area contributed by atoms with Crippen LogP contribution in [0.5, 0.6) is 0 Å². The first-order valence-electron chi connectivity index (χ1n) is 6.57. The first-order valence-corrected chi connectivity index (χ1v) is 7.45. The molecule has 2 rings (SSSR count). The van der Waals surface area contributed by atoms with Crippen LogP contribution >= 0.6 is 11.3 Å². The molecule has 2 N–H and O–H groups in total. The van der Waals surface area contributed by atoms with Crippen molar-refractivity contribution in [3.63, 3.8) is 0 Å². The van der Waals surface area contributed by atoms with Crippen LogP contribution in [0.2, 0.25) is 0 Å². The van der Waals surface area contributed by atoms with Crippen molar-refractivity contribution in [1.29, 1.82) is 0 Å². The van der Waals surface area contributed by atoms with Gasteiger partial charge in [0.15, 0.2) is 0 Å². The number of hydrogen-bond acceptors (Lipinski definition) is 3. The standard InChI is InChI=1S/C14H24N2S/c1-12-5-9-17-13(12)4-8-16(2)11-14(10-15)6-3-7-14/h5,9H,3-4,6-8,10-11,15H2,1-2H3. The fraction of sp³-hybridized carbons (Fsp3) is 0.714. The quantitative estimate of drug-likeness (QED) is 0.843. The number of rotatable bonds is 6. The third-order valence-corrected chi connectivity index (χ3v) is 5.22. The number of hydrogen-bond donors (Lipinski definition) is 1. The molecule has 0 amide bonds. The molecule has 17 heavy (non-hydrogen) atoms. The minimum atomic E-state index is 0.444. The lowest BCUT2D eigenvalue weighted by Gasteiger charge is -2.43. The lowest BCUT2D eigenvalue weighted by Crippen LogP contribution is -2.46. The molecule has 0 saturated heterocycles. The van der Waals surface area contributed by atoms with Crippen LogP contribution in [0, 0.1) is 12.3 Å². The lowest BCUT2D eigenvalue weighted by atomic mass is 9.68. The molecule has 1 fully saturated rings. The number of likely N-dealkylation sites (N-methyl/N-ethyl adjacent to an activating group) is 1. The van der Waals surface area contributed by atoms with E-state index in [9.17, 15) is 0 Å². The van der Waals surface area contributed by atoms with Crippen molar-refractivity contribution in [2.45, 2.75) is 32.6 Å². The molecule has 1 aromatic heterocycles. The van der Waals surface area contributed by atoms with Gasteiger partial charge in [-0.15, -0.1) is 11.3 Å². The summed E-state index contributed by atoms with van der Waals surface area (Å²) in [6, 6.07) is 2.22. The minimum Gasteiger partial charge on any atom is -0.330 e. The van der Waals surface area contributed by atoms with E-state index in [1.54, 1.807) is 0 Å². The third kappa shape index (κ3) is 3.09. The Morgan fingerprint density at radius 1 is 1.47 bits per heavy atom. The highest BCUT2D eigenvalue weighted by Gasteiger charge is 2.36. The van der Waals surface area contributed by atoms with Gasteiger partial charge >= 0.3 is 0 Å². The molecule has 1 aliphatic rings. The normalized spacial score (nSPS) is 18.4. The Labute approximate surface area is 109 Å². The topological polar surface area (TPSA) is 29.3 Å². The van der Waals surface area contributed by atoms with E-state index >= 15 is 0 Å². The molecular weight excluding hydrogens is 228 g/mol. The van der Waals surface area contributed by atoms with Crippen LogP contribution in [-0.4, -0.2) is 31.6 Å². The molecule has 1 aromatic rings. The maximum Gasteiger partial charge on any atom is 0.00871 e. The molecule has 0 spiro atoms. The van der Waals surface area contributed by atoms with E-state index in [4.69, 9.17) is 5.73 Å².